The van der Waals surface area contributed by atoms with E-state index in [9.17, 15) is 10.1 Å². The predicted molar refractivity (Wildman–Crippen MR) is 128 cm³/mol. The fraction of sp³-hybridized carbons (Fsp3) is 0.0769. The first-order chi connectivity index (χ1) is 15.9. The molecule has 1 unspecified atom stereocenters. The molecule has 1 heterocycles. The van der Waals surface area contributed by atoms with E-state index in [-0.39, 0.29) is 17.2 Å². The summed E-state index contributed by atoms with van der Waals surface area (Å²) in [6.07, 6.45) is 3.03. The molecule has 0 aliphatic carbocycles. The summed E-state index contributed by atoms with van der Waals surface area (Å²) in [4.78, 5) is 12.3. The summed E-state index contributed by atoms with van der Waals surface area (Å²) >= 11 is 12.4. The molecule has 1 aliphatic heterocycles. The molecule has 33 heavy (non-hydrogen) atoms. The van der Waals surface area contributed by atoms with E-state index in [0.29, 0.717) is 26.9 Å². The van der Waals surface area contributed by atoms with Crippen molar-refractivity contribution in [2.45, 2.75) is 12.8 Å². The number of hydrogen-bond acceptors (Lipinski definition) is 5. The summed E-state index contributed by atoms with van der Waals surface area (Å²) in [7, 11) is 0. The quantitative estimate of drug-likeness (QED) is 0.277. The third kappa shape index (κ3) is 4.88. The van der Waals surface area contributed by atoms with E-state index in [0.717, 1.165) is 11.1 Å². The molecule has 5 nitrogen and oxygen atoms in total. The van der Waals surface area contributed by atoms with Crippen molar-refractivity contribution >= 4 is 35.2 Å². The normalized spacial score (nSPS) is 15.0. The maximum atomic E-state index is 12.3. The Morgan fingerprint density at radius 2 is 1.82 bits per heavy atom. The topological polar surface area (TPSA) is 85.3 Å². The number of benzene rings is 3. The van der Waals surface area contributed by atoms with Crippen molar-refractivity contribution in [2.75, 3.05) is 0 Å². The lowest BCUT2D eigenvalue weighted by Gasteiger charge is -2.27. The molecule has 3 aromatic rings. The molecule has 1 atom stereocenters. The van der Waals surface area contributed by atoms with E-state index in [4.69, 9.17) is 38.4 Å². The van der Waals surface area contributed by atoms with Crippen molar-refractivity contribution in [1.29, 1.82) is 5.26 Å². The van der Waals surface area contributed by atoms with Crippen LogP contribution in [0.4, 0.5) is 0 Å². The van der Waals surface area contributed by atoms with Crippen LogP contribution in [0.1, 0.15) is 28.2 Å². The number of ether oxygens (including phenoxy) is 2. The Kier molecular flexibility index (Phi) is 6.41. The van der Waals surface area contributed by atoms with Crippen LogP contribution in [0.3, 0.4) is 0 Å². The van der Waals surface area contributed by atoms with Crippen molar-refractivity contribution in [3.8, 4) is 17.6 Å². The van der Waals surface area contributed by atoms with Crippen LogP contribution in [-0.4, -0.2) is 5.97 Å². The fourth-order valence-electron chi connectivity index (χ4n) is 3.55. The molecule has 7 heteroatoms. The third-order valence-corrected chi connectivity index (χ3v) is 5.73. The highest BCUT2D eigenvalue weighted by Crippen LogP contribution is 2.45. The molecule has 3 aromatic carbocycles. The summed E-state index contributed by atoms with van der Waals surface area (Å²) in [6, 6.07) is 19.8. The Balaban J connectivity index is 1.62. The van der Waals surface area contributed by atoms with Crippen LogP contribution < -0.4 is 15.2 Å². The fourth-order valence-corrected chi connectivity index (χ4v) is 4.06. The van der Waals surface area contributed by atoms with Gasteiger partial charge in [-0.2, -0.15) is 5.26 Å². The molecular formula is C26H18Cl2N2O3. The first-order valence-corrected chi connectivity index (χ1v) is 10.7. The van der Waals surface area contributed by atoms with Crippen LogP contribution in [-0.2, 0) is 4.79 Å². The predicted octanol–water partition coefficient (Wildman–Crippen LogP) is 6.14. The minimum Gasteiger partial charge on any atom is -0.440 e. The number of halogens is 2. The maximum absolute atomic E-state index is 12.3. The largest absolute Gasteiger partial charge is 0.440 e. The van der Waals surface area contributed by atoms with Gasteiger partial charge in [0.15, 0.2) is 0 Å². The van der Waals surface area contributed by atoms with Gasteiger partial charge in [-0.05, 0) is 42.3 Å². The molecule has 0 radical (unpaired) electrons. The third-order valence-electron chi connectivity index (χ3n) is 5.17. The second-order valence-electron chi connectivity index (χ2n) is 7.46. The summed E-state index contributed by atoms with van der Waals surface area (Å²) in [5, 5.41) is 10.6. The molecule has 0 fully saturated rings. The lowest BCUT2D eigenvalue weighted by molar-refractivity contribution is -0.128. The van der Waals surface area contributed by atoms with Crippen LogP contribution >= 0.6 is 23.2 Å². The van der Waals surface area contributed by atoms with Crippen LogP contribution in [0, 0.1) is 18.3 Å². The summed E-state index contributed by atoms with van der Waals surface area (Å²) in [5.74, 6) is -0.472. The number of allylic oxidation sites excluding steroid dienone is 1. The molecular weight excluding hydrogens is 459 g/mol. The SMILES string of the molecule is Cc1ccc(/C=C/C(=O)Oc2ccc3c(c2)OC(N)=C(C#N)C3c2ccc(Cl)cc2Cl)cc1. The Labute approximate surface area is 201 Å². The number of rotatable bonds is 4. The van der Waals surface area contributed by atoms with Gasteiger partial charge in [-0.1, -0.05) is 65.2 Å². The number of carbonyl (C=O) groups excluding carboxylic acids is 1. The monoisotopic (exact) mass is 476 g/mol. The molecule has 0 bridgehead atoms. The maximum Gasteiger partial charge on any atom is 0.336 e. The zero-order chi connectivity index (χ0) is 23.5. The Morgan fingerprint density at radius 3 is 2.52 bits per heavy atom. The van der Waals surface area contributed by atoms with Crippen molar-refractivity contribution in [3.63, 3.8) is 0 Å². The van der Waals surface area contributed by atoms with Gasteiger partial charge in [0, 0.05) is 27.8 Å². The molecule has 1 aliphatic rings. The van der Waals surface area contributed by atoms with Crippen molar-refractivity contribution < 1.29 is 14.3 Å². The summed E-state index contributed by atoms with van der Waals surface area (Å²) in [6.45, 7) is 1.99. The van der Waals surface area contributed by atoms with Gasteiger partial charge in [-0.25, -0.2) is 4.79 Å². The lowest BCUT2D eigenvalue weighted by Crippen LogP contribution is -2.21. The van der Waals surface area contributed by atoms with Crippen LogP contribution in [0.5, 0.6) is 11.5 Å². The van der Waals surface area contributed by atoms with E-state index in [1.54, 1.807) is 42.5 Å². The zero-order valence-corrected chi connectivity index (χ0v) is 19.0. The minimum absolute atomic E-state index is 0.0382. The molecule has 2 N–H and O–H groups in total. The lowest BCUT2D eigenvalue weighted by atomic mass is 9.83. The number of nitrogens with zero attached hydrogens (tertiary/aromatic N) is 1. The van der Waals surface area contributed by atoms with Gasteiger partial charge < -0.3 is 15.2 Å². The molecule has 0 saturated heterocycles. The van der Waals surface area contributed by atoms with E-state index in [1.165, 1.54) is 6.08 Å². The van der Waals surface area contributed by atoms with E-state index in [2.05, 4.69) is 6.07 Å². The molecule has 0 saturated carbocycles. The van der Waals surface area contributed by atoms with Gasteiger partial charge in [-0.3, -0.25) is 0 Å². The van der Waals surface area contributed by atoms with Crippen LogP contribution in [0.15, 0.2) is 78.2 Å². The highest BCUT2D eigenvalue weighted by atomic mass is 35.5. The average Bonchev–Trinajstić information content (AvgIpc) is 2.78. The highest BCUT2D eigenvalue weighted by molar-refractivity contribution is 6.35. The van der Waals surface area contributed by atoms with Crippen LogP contribution in [0.2, 0.25) is 10.0 Å². The van der Waals surface area contributed by atoms with Crippen molar-refractivity contribution in [1.82, 2.24) is 0 Å². The first-order valence-electron chi connectivity index (χ1n) is 9.99. The van der Waals surface area contributed by atoms with Crippen molar-refractivity contribution in [3.05, 3.63) is 110 Å². The van der Waals surface area contributed by atoms with E-state index < -0.39 is 11.9 Å². The molecule has 0 spiro atoms. The number of aryl methyl sites for hydroxylation is 1. The van der Waals surface area contributed by atoms with Gasteiger partial charge in [0.1, 0.15) is 23.1 Å². The van der Waals surface area contributed by atoms with Gasteiger partial charge in [0.2, 0.25) is 5.88 Å². The molecule has 4 rings (SSSR count). The number of fused-ring (bicyclic) bond motifs is 1. The second-order valence-corrected chi connectivity index (χ2v) is 8.30. The average molecular weight is 477 g/mol. The first kappa shape index (κ1) is 22.5. The number of esters is 1. The van der Waals surface area contributed by atoms with Gasteiger partial charge in [-0.15, -0.1) is 0 Å². The Bertz CT molecular complexity index is 1340. The van der Waals surface area contributed by atoms with Crippen LogP contribution in [0.25, 0.3) is 6.08 Å². The standard InChI is InChI=1S/C26H18Cl2N2O3/c1-15-2-4-16(5-3-15)6-11-24(31)32-18-8-10-20-23(13-18)33-26(30)21(14-29)25(20)19-9-7-17(27)12-22(19)28/h2-13,25H,30H2,1H3/b11-6+. The second kappa shape index (κ2) is 9.41. The number of carbonyl (C=O) groups is 1. The Hall–Kier alpha value is -3.72. The molecule has 164 valence electrons. The van der Waals surface area contributed by atoms with E-state index in [1.807, 2.05) is 31.2 Å². The van der Waals surface area contributed by atoms with Gasteiger partial charge in [0.05, 0.1) is 5.92 Å². The summed E-state index contributed by atoms with van der Waals surface area (Å²) < 4.78 is 11.1. The van der Waals surface area contributed by atoms with Gasteiger partial charge in [0.25, 0.3) is 0 Å². The van der Waals surface area contributed by atoms with E-state index >= 15 is 0 Å². The number of nitriles is 1. The highest BCUT2D eigenvalue weighted by Gasteiger charge is 2.32. The summed E-state index contributed by atoms with van der Waals surface area (Å²) in [5.41, 5.74) is 9.62. The minimum atomic E-state index is -0.547. The molecule has 0 aromatic heterocycles. The Morgan fingerprint density at radius 1 is 1.09 bits per heavy atom. The molecule has 0 amide bonds. The zero-order valence-electron chi connectivity index (χ0n) is 17.5. The van der Waals surface area contributed by atoms with Crippen molar-refractivity contribution in [2.24, 2.45) is 5.73 Å². The van der Waals surface area contributed by atoms with Gasteiger partial charge >= 0.3 is 5.97 Å². The number of hydrogen-bond donors (Lipinski definition) is 1. The number of nitrogens with two attached hydrogens (primary N) is 1. The smallest absolute Gasteiger partial charge is 0.336 e.